The van der Waals surface area contributed by atoms with Crippen molar-refractivity contribution in [2.75, 3.05) is 11.9 Å². The van der Waals surface area contributed by atoms with Gasteiger partial charge in [0.05, 0.1) is 5.92 Å². The van der Waals surface area contributed by atoms with Crippen LogP contribution in [0, 0.1) is 12.8 Å². The van der Waals surface area contributed by atoms with Crippen molar-refractivity contribution >= 4 is 11.7 Å². The Morgan fingerprint density at radius 1 is 1.71 bits per heavy atom. The summed E-state index contributed by atoms with van der Waals surface area (Å²) < 4.78 is 0. The molecule has 1 atom stereocenters. The number of anilines is 1. The molecule has 14 heavy (non-hydrogen) atoms. The van der Waals surface area contributed by atoms with Crippen molar-refractivity contribution in [1.82, 2.24) is 4.98 Å². The summed E-state index contributed by atoms with van der Waals surface area (Å²) in [6.45, 7) is 3.99. The van der Waals surface area contributed by atoms with Crippen LogP contribution < -0.4 is 5.32 Å². The van der Waals surface area contributed by atoms with E-state index in [4.69, 9.17) is 5.11 Å². The second-order valence-electron chi connectivity index (χ2n) is 3.31. The summed E-state index contributed by atoms with van der Waals surface area (Å²) in [6.07, 6.45) is 1.70. The van der Waals surface area contributed by atoms with Crippen LogP contribution in [0.4, 0.5) is 5.69 Å². The van der Waals surface area contributed by atoms with Crippen LogP contribution in [0.1, 0.15) is 12.6 Å². The largest absolute Gasteiger partial charge is 0.481 e. The molecule has 0 aromatic carbocycles. The van der Waals surface area contributed by atoms with Gasteiger partial charge in [0.25, 0.3) is 0 Å². The van der Waals surface area contributed by atoms with Crippen molar-refractivity contribution in [3.63, 3.8) is 0 Å². The molecule has 0 spiro atoms. The van der Waals surface area contributed by atoms with E-state index in [1.54, 1.807) is 13.1 Å². The van der Waals surface area contributed by atoms with Gasteiger partial charge in [0.2, 0.25) is 0 Å². The molecule has 1 rings (SSSR count). The monoisotopic (exact) mass is 194 g/mol. The van der Waals surface area contributed by atoms with Gasteiger partial charge in [-0.3, -0.25) is 9.78 Å². The summed E-state index contributed by atoms with van der Waals surface area (Å²) in [7, 11) is 0. The van der Waals surface area contributed by atoms with E-state index in [9.17, 15) is 4.79 Å². The SMILES string of the molecule is Cc1cc(NCC(C)C(=O)O)ccn1. The molecule has 0 bridgehead atoms. The Hall–Kier alpha value is -1.58. The van der Waals surface area contributed by atoms with E-state index in [1.807, 2.05) is 19.1 Å². The fourth-order valence-electron chi connectivity index (χ4n) is 1.01. The number of pyridine rings is 1. The number of carboxylic acids is 1. The zero-order chi connectivity index (χ0) is 10.6. The number of rotatable bonds is 4. The maximum atomic E-state index is 10.5. The molecule has 0 saturated carbocycles. The van der Waals surface area contributed by atoms with E-state index in [2.05, 4.69) is 10.3 Å². The summed E-state index contributed by atoms with van der Waals surface area (Å²) in [5.41, 5.74) is 1.82. The van der Waals surface area contributed by atoms with Crippen LogP contribution in [0.3, 0.4) is 0 Å². The van der Waals surface area contributed by atoms with Gasteiger partial charge >= 0.3 is 5.97 Å². The van der Waals surface area contributed by atoms with Gasteiger partial charge < -0.3 is 10.4 Å². The lowest BCUT2D eigenvalue weighted by Crippen LogP contribution is -2.19. The molecule has 76 valence electrons. The Kier molecular flexibility index (Phi) is 3.45. The van der Waals surface area contributed by atoms with Gasteiger partial charge in [-0.1, -0.05) is 6.92 Å². The fourth-order valence-corrected chi connectivity index (χ4v) is 1.01. The van der Waals surface area contributed by atoms with Gasteiger partial charge in [0.1, 0.15) is 0 Å². The number of carboxylic acid groups (broad SMARTS) is 1. The van der Waals surface area contributed by atoms with E-state index >= 15 is 0 Å². The Morgan fingerprint density at radius 3 is 3.00 bits per heavy atom. The average Bonchev–Trinajstić information content (AvgIpc) is 2.14. The van der Waals surface area contributed by atoms with Crippen LogP contribution in [0.15, 0.2) is 18.3 Å². The van der Waals surface area contributed by atoms with Gasteiger partial charge in [-0.15, -0.1) is 0 Å². The minimum absolute atomic E-state index is 0.386. The fraction of sp³-hybridized carbons (Fsp3) is 0.400. The molecule has 2 N–H and O–H groups in total. The Morgan fingerprint density at radius 2 is 2.43 bits per heavy atom. The highest BCUT2D eigenvalue weighted by Crippen LogP contribution is 2.07. The number of carbonyl (C=O) groups is 1. The molecule has 1 aromatic heterocycles. The summed E-state index contributed by atoms with van der Waals surface area (Å²) in [5.74, 6) is -1.17. The molecule has 0 aliphatic carbocycles. The highest BCUT2D eigenvalue weighted by molar-refractivity contribution is 5.70. The number of nitrogens with one attached hydrogen (secondary N) is 1. The Bertz CT molecular complexity index is 326. The minimum atomic E-state index is -0.789. The van der Waals surface area contributed by atoms with Gasteiger partial charge in [-0.05, 0) is 19.1 Å². The summed E-state index contributed by atoms with van der Waals surface area (Å²) in [4.78, 5) is 14.6. The van der Waals surface area contributed by atoms with Crippen molar-refractivity contribution in [2.24, 2.45) is 5.92 Å². The lowest BCUT2D eigenvalue weighted by molar-refractivity contribution is -0.140. The third-order valence-electron chi connectivity index (χ3n) is 1.93. The summed E-state index contributed by atoms with van der Waals surface area (Å²) >= 11 is 0. The molecule has 4 heteroatoms. The predicted octanol–water partition coefficient (Wildman–Crippen LogP) is 1.52. The van der Waals surface area contributed by atoms with Crippen molar-refractivity contribution in [2.45, 2.75) is 13.8 Å². The first-order chi connectivity index (χ1) is 6.59. The summed E-state index contributed by atoms with van der Waals surface area (Å²) in [5, 5.41) is 11.7. The first-order valence-corrected chi connectivity index (χ1v) is 4.49. The van der Waals surface area contributed by atoms with Crippen molar-refractivity contribution in [3.8, 4) is 0 Å². The Balaban J connectivity index is 2.49. The van der Waals surface area contributed by atoms with Crippen molar-refractivity contribution in [1.29, 1.82) is 0 Å². The minimum Gasteiger partial charge on any atom is -0.481 e. The third kappa shape index (κ3) is 3.05. The van der Waals surface area contributed by atoms with Crippen LogP contribution in [0.5, 0.6) is 0 Å². The summed E-state index contributed by atoms with van der Waals surface area (Å²) in [6, 6.07) is 3.70. The zero-order valence-electron chi connectivity index (χ0n) is 8.32. The maximum absolute atomic E-state index is 10.5. The molecule has 1 unspecified atom stereocenters. The Labute approximate surface area is 83.0 Å². The lowest BCUT2D eigenvalue weighted by atomic mass is 10.2. The second kappa shape index (κ2) is 4.60. The smallest absolute Gasteiger partial charge is 0.308 e. The van der Waals surface area contributed by atoms with Crippen molar-refractivity contribution in [3.05, 3.63) is 24.0 Å². The van der Waals surface area contributed by atoms with Crippen LogP contribution >= 0.6 is 0 Å². The molecule has 0 radical (unpaired) electrons. The maximum Gasteiger partial charge on any atom is 0.308 e. The molecule has 0 amide bonds. The number of aryl methyl sites for hydroxylation is 1. The van der Waals surface area contributed by atoms with E-state index < -0.39 is 5.97 Å². The first-order valence-electron chi connectivity index (χ1n) is 4.49. The molecule has 1 heterocycles. The van der Waals surface area contributed by atoms with E-state index in [0.717, 1.165) is 11.4 Å². The van der Waals surface area contributed by atoms with Crippen LogP contribution in [-0.2, 0) is 4.79 Å². The molecule has 0 fully saturated rings. The van der Waals surface area contributed by atoms with Gasteiger partial charge in [0.15, 0.2) is 0 Å². The number of aliphatic carboxylic acids is 1. The lowest BCUT2D eigenvalue weighted by Gasteiger charge is -2.09. The van der Waals surface area contributed by atoms with E-state index in [-0.39, 0.29) is 5.92 Å². The number of hydrogen-bond donors (Lipinski definition) is 2. The van der Waals surface area contributed by atoms with E-state index in [1.165, 1.54) is 0 Å². The second-order valence-corrected chi connectivity index (χ2v) is 3.31. The number of hydrogen-bond acceptors (Lipinski definition) is 3. The van der Waals surface area contributed by atoms with Crippen LogP contribution in [0.25, 0.3) is 0 Å². The van der Waals surface area contributed by atoms with Gasteiger partial charge in [-0.2, -0.15) is 0 Å². The first kappa shape index (κ1) is 10.5. The molecule has 4 nitrogen and oxygen atoms in total. The van der Waals surface area contributed by atoms with E-state index in [0.29, 0.717) is 6.54 Å². The van der Waals surface area contributed by atoms with Crippen LogP contribution in [0.2, 0.25) is 0 Å². The normalized spacial score (nSPS) is 12.1. The highest BCUT2D eigenvalue weighted by Gasteiger charge is 2.09. The molecule has 0 saturated heterocycles. The third-order valence-corrected chi connectivity index (χ3v) is 1.93. The molecule has 0 aliphatic heterocycles. The zero-order valence-corrected chi connectivity index (χ0v) is 8.32. The van der Waals surface area contributed by atoms with Crippen LogP contribution in [-0.4, -0.2) is 22.6 Å². The predicted molar refractivity (Wildman–Crippen MR) is 54.3 cm³/mol. The average molecular weight is 194 g/mol. The van der Waals surface area contributed by atoms with Gasteiger partial charge in [-0.25, -0.2) is 0 Å². The number of nitrogens with zero attached hydrogens (tertiary/aromatic N) is 1. The van der Waals surface area contributed by atoms with Gasteiger partial charge in [0, 0.05) is 24.1 Å². The molecule has 0 aliphatic rings. The van der Waals surface area contributed by atoms with Crippen molar-refractivity contribution < 1.29 is 9.90 Å². The highest BCUT2D eigenvalue weighted by atomic mass is 16.4. The topological polar surface area (TPSA) is 62.2 Å². The quantitative estimate of drug-likeness (QED) is 0.762. The molecular formula is C10H14N2O2. The standard InChI is InChI=1S/C10H14N2O2/c1-7(10(13)14)6-12-9-3-4-11-8(2)5-9/h3-5,7H,6H2,1-2H3,(H,11,12)(H,13,14). The molecule has 1 aromatic rings. The number of aromatic nitrogens is 1. The molecular weight excluding hydrogens is 180 g/mol.